The molecule has 3 heterocycles. The molecule has 7 rings (SSSR count). The molecule has 3 aliphatic heterocycles. The highest BCUT2D eigenvalue weighted by Crippen LogP contribution is 2.54. The molecule has 0 aromatic rings. The molecule has 1 N–H and O–H groups in total. The molecular weight excluding hydrogens is 486 g/mol. The van der Waals surface area contributed by atoms with Crippen molar-refractivity contribution in [1.82, 2.24) is 15.1 Å². The number of carbonyl (C=O) groups excluding carboxylic acids is 5. The fraction of sp³-hybridized carbons (Fsp3) is 0.690. The molecule has 9 nitrogen and oxygen atoms in total. The lowest BCUT2D eigenvalue weighted by Crippen LogP contribution is -2.51. The third-order valence-electron chi connectivity index (χ3n) is 10.3. The molecule has 0 aromatic carbocycles. The van der Waals surface area contributed by atoms with E-state index >= 15 is 0 Å². The van der Waals surface area contributed by atoms with Gasteiger partial charge in [0.2, 0.25) is 29.5 Å². The van der Waals surface area contributed by atoms with Gasteiger partial charge < -0.3 is 10.1 Å². The maximum atomic E-state index is 13.5. The number of imide groups is 2. The smallest absolute Gasteiger partial charge is 0.243 e. The Morgan fingerprint density at radius 2 is 1.39 bits per heavy atom. The van der Waals surface area contributed by atoms with E-state index in [0.29, 0.717) is 39.0 Å². The van der Waals surface area contributed by atoms with Crippen molar-refractivity contribution in [1.29, 1.82) is 0 Å². The van der Waals surface area contributed by atoms with Gasteiger partial charge in [-0.15, -0.1) is 0 Å². The van der Waals surface area contributed by atoms with Crippen LogP contribution in [-0.4, -0.2) is 71.2 Å². The Morgan fingerprint density at radius 3 is 1.92 bits per heavy atom. The molecular formula is C29H35N3O6. The number of amides is 5. The van der Waals surface area contributed by atoms with Crippen LogP contribution in [0.4, 0.5) is 0 Å². The minimum atomic E-state index is -0.884. The SMILES string of the molecule is O=C(NC[C@@H]1CCCO1)[C@H](CCCCN1C(=O)[C@H]2[C@H](C1=O)[C@H]1C=C[C@H]2C1)N1C(=O)[C@@H]2[C@H](C1=O)[C@H]1C=C[C@H]2C1. The second-order valence-corrected chi connectivity index (χ2v) is 12.3. The largest absolute Gasteiger partial charge is 0.376 e. The highest BCUT2D eigenvalue weighted by molar-refractivity contribution is 6.09. The molecule has 0 unspecified atom stereocenters. The second kappa shape index (κ2) is 9.14. The molecule has 4 aliphatic carbocycles. The molecule has 2 saturated carbocycles. The number of fused-ring (bicyclic) bond motifs is 10. The quantitative estimate of drug-likeness (QED) is 0.279. The van der Waals surface area contributed by atoms with Crippen molar-refractivity contribution in [2.75, 3.05) is 19.7 Å². The van der Waals surface area contributed by atoms with E-state index < -0.39 is 6.04 Å². The molecule has 5 fully saturated rings. The van der Waals surface area contributed by atoms with E-state index in [1.54, 1.807) is 0 Å². The van der Waals surface area contributed by atoms with E-state index in [0.717, 1.165) is 25.7 Å². The van der Waals surface area contributed by atoms with Gasteiger partial charge in [0.05, 0.1) is 29.8 Å². The molecule has 9 heteroatoms. The van der Waals surface area contributed by atoms with Gasteiger partial charge in [-0.2, -0.15) is 0 Å². The summed E-state index contributed by atoms with van der Waals surface area (Å²) in [6.07, 6.45) is 13.2. The molecule has 10 atom stereocenters. The Bertz CT molecular complexity index is 1080. The maximum absolute atomic E-state index is 13.5. The number of unbranched alkanes of at least 4 members (excludes halogenated alkanes) is 1. The fourth-order valence-corrected chi connectivity index (χ4v) is 8.54. The number of carbonyl (C=O) groups is 5. The van der Waals surface area contributed by atoms with E-state index in [1.165, 1.54) is 9.80 Å². The summed E-state index contributed by atoms with van der Waals surface area (Å²) in [7, 11) is 0. The standard InChI is InChI=1S/C29H35N3O6/c33-25(30-14-19-4-3-11-38-19)20(32-28(36)23-17-8-9-18(13-17)24(23)29(32)37)5-1-2-10-31-26(34)21-15-6-7-16(12-15)22(21)27(31)35/h6-9,15-24H,1-5,10-14H2,(H,30,33)/t15-,16-,17-,18-,19-,20-,21+,22+,23-,24+/m0/s1. The van der Waals surface area contributed by atoms with Gasteiger partial charge in [0.1, 0.15) is 6.04 Å². The molecule has 38 heavy (non-hydrogen) atoms. The van der Waals surface area contributed by atoms with Crippen molar-refractivity contribution in [3.8, 4) is 0 Å². The van der Waals surface area contributed by atoms with Gasteiger partial charge in [0.15, 0.2) is 0 Å². The van der Waals surface area contributed by atoms with Crippen LogP contribution in [0.15, 0.2) is 24.3 Å². The Morgan fingerprint density at radius 1 is 0.842 bits per heavy atom. The number of hydrogen-bond donors (Lipinski definition) is 1. The molecule has 0 aromatic heterocycles. The van der Waals surface area contributed by atoms with Gasteiger partial charge in [0, 0.05) is 19.7 Å². The first-order valence-electron chi connectivity index (χ1n) is 14.4. The van der Waals surface area contributed by atoms with Crippen LogP contribution < -0.4 is 5.32 Å². The number of nitrogens with zero attached hydrogens (tertiary/aromatic N) is 2. The summed E-state index contributed by atoms with van der Waals surface area (Å²) in [5.41, 5.74) is 0. The number of ether oxygens (including phenoxy) is 1. The molecule has 7 aliphatic rings. The lowest BCUT2D eigenvalue weighted by molar-refractivity contribution is -0.149. The minimum Gasteiger partial charge on any atom is -0.376 e. The van der Waals surface area contributed by atoms with Crippen LogP contribution >= 0.6 is 0 Å². The van der Waals surface area contributed by atoms with Gasteiger partial charge in [0.25, 0.3) is 0 Å². The predicted molar refractivity (Wildman–Crippen MR) is 134 cm³/mol. The highest BCUT2D eigenvalue weighted by atomic mass is 16.5. The van der Waals surface area contributed by atoms with E-state index in [-0.39, 0.29) is 83.0 Å². The monoisotopic (exact) mass is 521 g/mol. The number of hydrogen-bond acceptors (Lipinski definition) is 6. The Labute approximate surface area is 222 Å². The number of allylic oxidation sites excluding steroid dienone is 4. The third kappa shape index (κ3) is 3.57. The first kappa shape index (κ1) is 24.2. The average Bonchev–Trinajstić information content (AvgIpc) is 3.76. The highest BCUT2D eigenvalue weighted by Gasteiger charge is 2.61. The predicted octanol–water partition coefficient (Wildman–Crippen LogP) is 1.43. The first-order chi connectivity index (χ1) is 18.4. The first-order valence-corrected chi connectivity index (χ1v) is 14.4. The molecule has 0 radical (unpaired) electrons. The summed E-state index contributed by atoms with van der Waals surface area (Å²) >= 11 is 0. The van der Waals surface area contributed by atoms with Gasteiger partial charge in [-0.1, -0.05) is 24.3 Å². The van der Waals surface area contributed by atoms with Gasteiger partial charge in [-0.05, 0) is 68.6 Å². The zero-order chi connectivity index (χ0) is 26.1. The zero-order valence-electron chi connectivity index (χ0n) is 21.5. The lowest BCUT2D eigenvalue weighted by atomic mass is 9.85. The summed E-state index contributed by atoms with van der Waals surface area (Å²) in [5.74, 6) is -1.52. The van der Waals surface area contributed by atoms with Crippen LogP contribution in [-0.2, 0) is 28.7 Å². The third-order valence-corrected chi connectivity index (χ3v) is 10.3. The topological polar surface area (TPSA) is 113 Å². The summed E-state index contributed by atoms with van der Waals surface area (Å²) in [6.45, 7) is 1.36. The summed E-state index contributed by atoms with van der Waals surface area (Å²) in [5, 5.41) is 2.93. The van der Waals surface area contributed by atoms with Crippen molar-refractivity contribution in [2.45, 2.75) is 57.1 Å². The molecule has 5 amide bonds. The van der Waals surface area contributed by atoms with E-state index in [1.807, 2.05) is 12.2 Å². The summed E-state index contributed by atoms with van der Waals surface area (Å²) < 4.78 is 5.63. The van der Waals surface area contributed by atoms with Gasteiger partial charge in [-0.3, -0.25) is 33.8 Å². The van der Waals surface area contributed by atoms with Crippen LogP contribution in [0.25, 0.3) is 0 Å². The van der Waals surface area contributed by atoms with Crippen molar-refractivity contribution >= 4 is 29.5 Å². The Kier molecular flexibility index (Phi) is 5.83. The number of likely N-dealkylation sites (tertiary alicyclic amines) is 2. The van der Waals surface area contributed by atoms with Gasteiger partial charge in [-0.25, -0.2) is 0 Å². The van der Waals surface area contributed by atoms with Crippen LogP contribution in [0.3, 0.4) is 0 Å². The van der Waals surface area contributed by atoms with Crippen LogP contribution in [0.5, 0.6) is 0 Å². The number of rotatable bonds is 9. The zero-order valence-corrected chi connectivity index (χ0v) is 21.5. The van der Waals surface area contributed by atoms with E-state index in [2.05, 4.69) is 17.5 Å². The minimum absolute atomic E-state index is 0.0413. The molecule has 202 valence electrons. The summed E-state index contributed by atoms with van der Waals surface area (Å²) in [6, 6.07) is -0.884. The van der Waals surface area contributed by atoms with Crippen LogP contribution in [0.2, 0.25) is 0 Å². The van der Waals surface area contributed by atoms with Crippen molar-refractivity contribution < 1.29 is 28.7 Å². The molecule has 3 saturated heterocycles. The molecule has 0 spiro atoms. The normalized spacial score (nSPS) is 40.7. The van der Waals surface area contributed by atoms with Crippen LogP contribution in [0.1, 0.15) is 44.9 Å². The second-order valence-electron chi connectivity index (χ2n) is 12.3. The van der Waals surface area contributed by atoms with Gasteiger partial charge >= 0.3 is 0 Å². The Hall–Kier alpha value is -2.81. The van der Waals surface area contributed by atoms with E-state index in [4.69, 9.17) is 4.74 Å². The summed E-state index contributed by atoms with van der Waals surface area (Å²) in [4.78, 5) is 69.0. The maximum Gasteiger partial charge on any atom is 0.243 e. The van der Waals surface area contributed by atoms with Crippen molar-refractivity contribution in [2.24, 2.45) is 47.3 Å². The lowest BCUT2D eigenvalue weighted by Gasteiger charge is -2.28. The Balaban J connectivity index is 1.01. The molecule has 4 bridgehead atoms. The fourth-order valence-electron chi connectivity index (χ4n) is 8.54. The number of nitrogens with one attached hydrogen (secondary N) is 1. The van der Waals surface area contributed by atoms with E-state index in [9.17, 15) is 24.0 Å². The van der Waals surface area contributed by atoms with Crippen molar-refractivity contribution in [3.05, 3.63) is 24.3 Å². The van der Waals surface area contributed by atoms with Crippen LogP contribution in [0, 0.1) is 47.3 Å². The average molecular weight is 522 g/mol. The van der Waals surface area contributed by atoms with Crippen molar-refractivity contribution in [3.63, 3.8) is 0 Å².